The van der Waals surface area contributed by atoms with Crippen molar-refractivity contribution >= 4 is 11.8 Å². The zero-order chi connectivity index (χ0) is 10.8. The molecule has 1 rings (SSSR count). The van der Waals surface area contributed by atoms with Crippen LogP contribution in [0.5, 0.6) is 0 Å². The van der Waals surface area contributed by atoms with Crippen molar-refractivity contribution in [3.8, 4) is 0 Å². The molecule has 1 aliphatic rings. The highest BCUT2D eigenvalue weighted by molar-refractivity contribution is 5.83. The van der Waals surface area contributed by atoms with Crippen LogP contribution in [0.15, 0.2) is 0 Å². The van der Waals surface area contributed by atoms with Crippen LogP contribution in [-0.4, -0.2) is 16.9 Å². The third-order valence-corrected chi connectivity index (χ3v) is 3.02. The zero-order valence-electron chi connectivity index (χ0n) is 8.88. The van der Waals surface area contributed by atoms with Crippen molar-refractivity contribution < 1.29 is 14.7 Å². The van der Waals surface area contributed by atoms with E-state index in [2.05, 4.69) is 0 Å². The molecular formula is C11H18O3. The summed E-state index contributed by atoms with van der Waals surface area (Å²) < 4.78 is 0. The van der Waals surface area contributed by atoms with Crippen LogP contribution in [0.2, 0.25) is 0 Å². The Bertz CT molecular complexity index is 243. The number of carboxylic acids is 1. The first kappa shape index (κ1) is 11.2. The van der Waals surface area contributed by atoms with Crippen LogP contribution in [0.3, 0.4) is 0 Å². The number of carbonyl (C=O) groups is 2. The molecule has 3 nitrogen and oxygen atoms in total. The number of aliphatic carboxylic acids is 1. The molecule has 0 spiro atoms. The van der Waals surface area contributed by atoms with Crippen LogP contribution in [-0.2, 0) is 9.59 Å². The first-order valence-electron chi connectivity index (χ1n) is 5.19. The number of hydrogen-bond acceptors (Lipinski definition) is 2. The summed E-state index contributed by atoms with van der Waals surface area (Å²) >= 11 is 0. The molecule has 0 bridgehead atoms. The molecule has 0 heterocycles. The van der Waals surface area contributed by atoms with Crippen LogP contribution >= 0.6 is 0 Å². The Morgan fingerprint density at radius 1 is 1.50 bits per heavy atom. The summed E-state index contributed by atoms with van der Waals surface area (Å²) in [6.07, 6.45) is 4.03. The van der Waals surface area contributed by atoms with Gasteiger partial charge >= 0.3 is 5.97 Å². The van der Waals surface area contributed by atoms with Gasteiger partial charge in [-0.2, -0.15) is 0 Å². The van der Waals surface area contributed by atoms with E-state index in [0.29, 0.717) is 12.8 Å². The number of carboxylic acid groups (broad SMARTS) is 1. The van der Waals surface area contributed by atoms with E-state index in [-0.39, 0.29) is 11.7 Å². The van der Waals surface area contributed by atoms with Gasteiger partial charge in [0.2, 0.25) is 0 Å². The minimum absolute atomic E-state index is 0.0187. The van der Waals surface area contributed by atoms with Gasteiger partial charge in [0.25, 0.3) is 0 Å². The van der Waals surface area contributed by atoms with Crippen molar-refractivity contribution in [3.63, 3.8) is 0 Å². The SMILES string of the molecule is CC(C)(CC1CCCCC1=O)C(=O)O. The van der Waals surface area contributed by atoms with Gasteiger partial charge in [-0.1, -0.05) is 6.42 Å². The molecule has 1 unspecified atom stereocenters. The summed E-state index contributed by atoms with van der Waals surface area (Å²) in [7, 11) is 0. The predicted octanol–water partition coefficient (Wildman–Crippen LogP) is 2.25. The lowest BCUT2D eigenvalue weighted by molar-refractivity contribution is -0.148. The molecule has 0 aromatic heterocycles. The van der Waals surface area contributed by atoms with Gasteiger partial charge < -0.3 is 5.11 Å². The fraction of sp³-hybridized carbons (Fsp3) is 0.818. The molecule has 1 fully saturated rings. The minimum atomic E-state index is -0.809. The van der Waals surface area contributed by atoms with Gasteiger partial charge in [-0.3, -0.25) is 9.59 Å². The van der Waals surface area contributed by atoms with Crippen molar-refractivity contribution in [3.05, 3.63) is 0 Å². The van der Waals surface area contributed by atoms with Gasteiger partial charge in [-0.15, -0.1) is 0 Å². The highest BCUT2D eigenvalue weighted by Crippen LogP contribution is 2.32. The second-order valence-corrected chi connectivity index (χ2v) is 4.80. The first-order valence-corrected chi connectivity index (χ1v) is 5.19. The largest absolute Gasteiger partial charge is 0.481 e. The zero-order valence-corrected chi connectivity index (χ0v) is 8.88. The Balaban J connectivity index is 2.58. The van der Waals surface area contributed by atoms with Crippen LogP contribution in [0.25, 0.3) is 0 Å². The Morgan fingerprint density at radius 3 is 2.64 bits per heavy atom. The van der Waals surface area contributed by atoms with E-state index in [1.165, 1.54) is 0 Å². The Labute approximate surface area is 84.5 Å². The van der Waals surface area contributed by atoms with E-state index in [0.717, 1.165) is 19.3 Å². The molecule has 80 valence electrons. The minimum Gasteiger partial charge on any atom is -0.481 e. The lowest BCUT2D eigenvalue weighted by Gasteiger charge is -2.27. The normalized spacial score (nSPS) is 23.6. The maximum absolute atomic E-state index is 11.5. The van der Waals surface area contributed by atoms with Gasteiger partial charge in [0.1, 0.15) is 5.78 Å². The van der Waals surface area contributed by atoms with Crippen LogP contribution in [0.1, 0.15) is 46.0 Å². The third-order valence-electron chi connectivity index (χ3n) is 3.02. The van der Waals surface area contributed by atoms with Crippen molar-refractivity contribution in [2.45, 2.75) is 46.0 Å². The standard InChI is InChI=1S/C11H18O3/c1-11(2,10(13)14)7-8-5-3-4-6-9(8)12/h8H,3-7H2,1-2H3,(H,13,14). The van der Waals surface area contributed by atoms with Gasteiger partial charge in [0.05, 0.1) is 5.41 Å². The van der Waals surface area contributed by atoms with E-state index in [1.807, 2.05) is 0 Å². The second-order valence-electron chi connectivity index (χ2n) is 4.80. The summed E-state index contributed by atoms with van der Waals surface area (Å²) in [6.45, 7) is 3.38. The maximum atomic E-state index is 11.5. The topological polar surface area (TPSA) is 54.4 Å². The van der Waals surface area contributed by atoms with Gasteiger partial charge in [-0.05, 0) is 33.1 Å². The number of rotatable bonds is 3. The molecule has 3 heteroatoms. The molecular weight excluding hydrogens is 180 g/mol. The Hall–Kier alpha value is -0.860. The first-order chi connectivity index (χ1) is 6.43. The average molecular weight is 198 g/mol. The molecule has 0 aliphatic heterocycles. The third kappa shape index (κ3) is 2.56. The maximum Gasteiger partial charge on any atom is 0.309 e. The summed E-state index contributed by atoms with van der Waals surface area (Å²) in [5.74, 6) is -0.573. The van der Waals surface area contributed by atoms with E-state index in [1.54, 1.807) is 13.8 Å². The molecule has 0 aromatic rings. The van der Waals surface area contributed by atoms with Crippen LogP contribution in [0.4, 0.5) is 0 Å². The van der Waals surface area contributed by atoms with Gasteiger partial charge in [0, 0.05) is 12.3 Å². The smallest absolute Gasteiger partial charge is 0.309 e. The molecule has 0 amide bonds. The molecule has 0 saturated heterocycles. The number of hydrogen-bond donors (Lipinski definition) is 1. The molecule has 1 saturated carbocycles. The summed E-state index contributed by atoms with van der Waals surface area (Å²) in [4.78, 5) is 22.4. The average Bonchev–Trinajstić information content (AvgIpc) is 2.08. The molecule has 1 N–H and O–H groups in total. The predicted molar refractivity (Wildman–Crippen MR) is 53.0 cm³/mol. The van der Waals surface area contributed by atoms with Crippen LogP contribution in [0, 0.1) is 11.3 Å². The summed E-state index contributed by atoms with van der Waals surface area (Å²) in [5.41, 5.74) is -0.766. The van der Waals surface area contributed by atoms with E-state index in [9.17, 15) is 9.59 Å². The quantitative estimate of drug-likeness (QED) is 0.756. The number of Topliss-reactive ketones (excluding diaryl/α,β-unsaturated/α-hetero) is 1. The highest BCUT2D eigenvalue weighted by Gasteiger charge is 2.34. The fourth-order valence-corrected chi connectivity index (χ4v) is 1.97. The van der Waals surface area contributed by atoms with Crippen LogP contribution < -0.4 is 0 Å². The highest BCUT2D eigenvalue weighted by atomic mass is 16.4. The van der Waals surface area contributed by atoms with Crippen molar-refractivity contribution in [2.75, 3.05) is 0 Å². The van der Waals surface area contributed by atoms with Crippen molar-refractivity contribution in [1.82, 2.24) is 0 Å². The molecule has 1 atom stereocenters. The number of carbonyl (C=O) groups excluding carboxylic acids is 1. The van der Waals surface area contributed by atoms with Gasteiger partial charge in [-0.25, -0.2) is 0 Å². The molecule has 1 aliphatic carbocycles. The lowest BCUT2D eigenvalue weighted by atomic mass is 9.76. The Kier molecular flexibility index (Phi) is 3.29. The summed E-state index contributed by atoms with van der Waals surface area (Å²) in [5, 5.41) is 8.95. The fourth-order valence-electron chi connectivity index (χ4n) is 1.97. The second kappa shape index (κ2) is 4.11. The van der Waals surface area contributed by atoms with E-state index in [4.69, 9.17) is 5.11 Å². The monoisotopic (exact) mass is 198 g/mol. The van der Waals surface area contributed by atoms with Crippen molar-refractivity contribution in [2.24, 2.45) is 11.3 Å². The molecule has 0 radical (unpaired) electrons. The molecule has 0 aromatic carbocycles. The van der Waals surface area contributed by atoms with Gasteiger partial charge in [0.15, 0.2) is 0 Å². The number of ketones is 1. The molecule has 14 heavy (non-hydrogen) atoms. The summed E-state index contributed by atoms with van der Waals surface area (Å²) in [6, 6.07) is 0. The lowest BCUT2D eigenvalue weighted by Crippen LogP contribution is -2.31. The Morgan fingerprint density at radius 2 is 2.14 bits per heavy atom. The van der Waals surface area contributed by atoms with E-state index < -0.39 is 11.4 Å². The van der Waals surface area contributed by atoms with Crippen molar-refractivity contribution in [1.29, 1.82) is 0 Å². The van der Waals surface area contributed by atoms with E-state index >= 15 is 0 Å².